The lowest BCUT2D eigenvalue weighted by molar-refractivity contribution is 0.0379. The molecule has 1 aromatic heterocycles. The number of aromatic nitrogens is 1. The number of ether oxygens (including phenoxy) is 1. The van der Waals surface area contributed by atoms with Crippen molar-refractivity contribution >= 4 is 32.9 Å². The Labute approximate surface area is 161 Å². The molecule has 1 aliphatic carbocycles. The number of carbonyl (C=O) groups excluding carboxylic acids is 1. The van der Waals surface area contributed by atoms with Crippen LogP contribution in [0.25, 0.3) is 10.9 Å². The van der Waals surface area contributed by atoms with Crippen molar-refractivity contribution < 1.29 is 9.53 Å². The van der Waals surface area contributed by atoms with Crippen molar-refractivity contribution in [2.75, 3.05) is 33.3 Å². The van der Waals surface area contributed by atoms with Gasteiger partial charge in [-0.3, -0.25) is 0 Å². The van der Waals surface area contributed by atoms with Crippen molar-refractivity contribution in [3.05, 3.63) is 33.9 Å². The molecule has 2 fully saturated rings. The Morgan fingerprint density at radius 3 is 3.00 bits per heavy atom. The van der Waals surface area contributed by atoms with Crippen LogP contribution in [0.4, 0.5) is 4.79 Å². The summed E-state index contributed by atoms with van der Waals surface area (Å²) in [5, 5.41) is 1.40. The smallest absolute Gasteiger partial charge is 0.409 e. The fraction of sp³-hybridized carbons (Fsp3) is 0.550. The molecule has 0 unspecified atom stereocenters. The molecule has 26 heavy (non-hydrogen) atoms. The Kier molecular flexibility index (Phi) is 4.01. The summed E-state index contributed by atoms with van der Waals surface area (Å²) in [5.41, 5.74) is 4.07. The van der Waals surface area contributed by atoms with Gasteiger partial charge in [-0.25, -0.2) is 4.79 Å². The van der Waals surface area contributed by atoms with Gasteiger partial charge < -0.3 is 19.5 Å². The molecular formula is C20H24BrN3O2. The number of amides is 1. The highest BCUT2D eigenvalue weighted by atomic mass is 79.9. The minimum atomic E-state index is -0.136. The highest BCUT2D eigenvalue weighted by Crippen LogP contribution is 2.46. The molecule has 2 aromatic rings. The minimum Gasteiger partial charge on any atom is -0.449 e. The van der Waals surface area contributed by atoms with Gasteiger partial charge in [0, 0.05) is 48.4 Å². The lowest BCUT2D eigenvalue weighted by Gasteiger charge is -2.45. The zero-order valence-corrected chi connectivity index (χ0v) is 16.6. The molecule has 2 aliphatic heterocycles. The molecule has 1 amide bonds. The molecule has 0 radical (unpaired) electrons. The average Bonchev–Trinajstić information content (AvgIpc) is 2.89. The monoisotopic (exact) mass is 417 g/mol. The van der Waals surface area contributed by atoms with Crippen molar-refractivity contribution in [2.45, 2.75) is 31.2 Å². The summed E-state index contributed by atoms with van der Waals surface area (Å²) in [5.74, 6) is 0.894. The van der Waals surface area contributed by atoms with Crippen LogP contribution in [0.5, 0.6) is 0 Å². The van der Waals surface area contributed by atoms with E-state index in [1.807, 2.05) is 0 Å². The van der Waals surface area contributed by atoms with Crippen LogP contribution in [0.15, 0.2) is 22.8 Å². The van der Waals surface area contributed by atoms with Gasteiger partial charge in [-0.05, 0) is 59.4 Å². The van der Waals surface area contributed by atoms with E-state index in [1.165, 1.54) is 22.0 Å². The molecule has 3 aliphatic rings. The molecule has 5 nitrogen and oxygen atoms in total. The van der Waals surface area contributed by atoms with E-state index < -0.39 is 0 Å². The number of nitrogens with zero attached hydrogens (tertiary/aromatic N) is 2. The lowest BCUT2D eigenvalue weighted by Crippen LogP contribution is -2.49. The number of aromatic amines is 1. The first-order valence-corrected chi connectivity index (χ1v) is 10.3. The summed E-state index contributed by atoms with van der Waals surface area (Å²) in [6.07, 6.45) is 3.12. The van der Waals surface area contributed by atoms with Crippen LogP contribution in [0.3, 0.4) is 0 Å². The zero-order valence-electron chi connectivity index (χ0n) is 15.0. The molecule has 6 heteroatoms. The molecule has 3 heterocycles. The predicted octanol–water partition coefficient (Wildman–Crippen LogP) is 3.73. The first-order valence-electron chi connectivity index (χ1n) is 9.52. The number of nitrogens with one attached hydrogen (secondary N) is 1. The summed E-state index contributed by atoms with van der Waals surface area (Å²) in [6.45, 7) is 3.22. The number of likely N-dealkylation sites (tertiary alicyclic amines) is 2. The van der Waals surface area contributed by atoms with E-state index >= 15 is 0 Å². The quantitative estimate of drug-likeness (QED) is 0.809. The maximum absolute atomic E-state index is 12.0. The van der Waals surface area contributed by atoms with E-state index in [-0.39, 0.29) is 6.09 Å². The summed E-state index contributed by atoms with van der Waals surface area (Å²) >= 11 is 3.72. The Bertz CT molecular complexity index is 860. The van der Waals surface area contributed by atoms with Crippen molar-refractivity contribution in [3.8, 4) is 0 Å². The first-order chi connectivity index (χ1) is 12.6. The normalized spacial score (nSPS) is 27.9. The Balaban J connectivity index is 1.38. The SMILES string of the molecule is CN1C[C@H](COC(=O)N2CCC2)C[C@@H]2c3cccc4[nH]c(Br)c(c34)C[C@H]21. The maximum atomic E-state index is 12.0. The standard InChI is InChI=1S/C20H24BrN3O2/c1-23-10-12(11-26-20(25)24-6-3-7-24)8-14-13-4-2-5-16-18(13)15(9-17(14)23)19(21)22-16/h2,4-5,12,14,17,22H,3,6-11H2,1H3/t12-,14-,17-/m1/s1. The number of halogens is 1. The van der Waals surface area contributed by atoms with Gasteiger partial charge in [0.15, 0.2) is 0 Å². The number of hydrogen-bond acceptors (Lipinski definition) is 3. The van der Waals surface area contributed by atoms with Crippen LogP contribution in [0.2, 0.25) is 0 Å². The van der Waals surface area contributed by atoms with Crippen LogP contribution >= 0.6 is 15.9 Å². The third kappa shape index (κ3) is 2.57. The Morgan fingerprint density at radius 2 is 2.23 bits per heavy atom. The van der Waals surface area contributed by atoms with E-state index in [9.17, 15) is 4.79 Å². The van der Waals surface area contributed by atoms with Crippen molar-refractivity contribution in [2.24, 2.45) is 5.92 Å². The van der Waals surface area contributed by atoms with Gasteiger partial charge in [0.2, 0.25) is 0 Å². The van der Waals surface area contributed by atoms with Crippen LogP contribution in [0.1, 0.15) is 29.9 Å². The number of piperidine rings is 1. The molecule has 0 bridgehead atoms. The highest BCUT2D eigenvalue weighted by molar-refractivity contribution is 9.10. The molecule has 2 saturated heterocycles. The van der Waals surface area contributed by atoms with E-state index in [0.717, 1.165) is 43.5 Å². The van der Waals surface area contributed by atoms with E-state index in [0.29, 0.717) is 24.5 Å². The molecule has 1 N–H and O–H groups in total. The lowest BCUT2D eigenvalue weighted by atomic mass is 9.72. The summed E-state index contributed by atoms with van der Waals surface area (Å²) in [7, 11) is 2.22. The number of fused-ring (bicyclic) bond motifs is 2. The number of benzene rings is 1. The molecule has 0 saturated carbocycles. The second-order valence-corrected chi connectivity index (χ2v) is 8.82. The second kappa shape index (κ2) is 6.27. The number of rotatable bonds is 2. The van der Waals surface area contributed by atoms with Gasteiger partial charge in [0.1, 0.15) is 0 Å². The maximum Gasteiger partial charge on any atom is 0.409 e. The number of likely N-dealkylation sites (N-methyl/N-ethyl adjacent to an activating group) is 1. The molecule has 138 valence electrons. The van der Waals surface area contributed by atoms with E-state index in [4.69, 9.17) is 4.74 Å². The van der Waals surface area contributed by atoms with Gasteiger partial charge in [-0.1, -0.05) is 12.1 Å². The van der Waals surface area contributed by atoms with Crippen molar-refractivity contribution in [1.29, 1.82) is 0 Å². The fourth-order valence-electron chi connectivity index (χ4n) is 5.00. The second-order valence-electron chi connectivity index (χ2n) is 8.02. The van der Waals surface area contributed by atoms with Crippen molar-refractivity contribution in [1.82, 2.24) is 14.8 Å². The van der Waals surface area contributed by atoms with Gasteiger partial charge in [0.05, 0.1) is 11.2 Å². The van der Waals surface area contributed by atoms with Gasteiger partial charge in [0.25, 0.3) is 0 Å². The van der Waals surface area contributed by atoms with Gasteiger partial charge in [-0.15, -0.1) is 0 Å². The zero-order chi connectivity index (χ0) is 17.8. The van der Waals surface area contributed by atoms with Gasteiger partial charge >= 0.3 is 6.09 Å². The van der Waals surface area contributed by atoms with E-state index in [1.54, 1.807) is 4.90 Å². The predicted molar refractivity (Wildman–Crippen MR) is 105 cm³/mol. The largest absolute Gasteiger partial charge is 0.449 e. The molecule has 5 rings (SSSR count). The number of carbonyl (C=O) groups is 1. The molecule has 0 spiro atoms. The topological polar surface area (TPSA) is 48.6 Å². The molecular weight excluding hydrogens is 394 g/mol. The molecule has 1 aromatic carbocycles. The fourth-order valence-corrected chi connectivity index (χ4v) is 5.57. The Morgan fingerprint density at radius 1 is 1.38 bits per heavy atom. The van der Waals surface area contributed by atoms with E-state index in [2.05, 4.69) is 51.1 Å². The molecule has 3 atom stereocenters. The third-order valence-corrected chi connectivity index (χ3v) is 7.12. The average molecular weight is 418 g/mol. The Hall–Kier alpha value is -1.53. The van der Waals surface area contributed by atoms with Crippen LogP contribution < -0.4 is 0 Å². The summed E-state index contributed by atoms with van der Waals surface area (Å²) in [4.78, 5) is 19.8. The summed E-state index contributed by atoms with van der Waals surface area (Å²) in [6, 6.07) is 7.11. The third-order valence-electron chi connectivity index (χ3n) is 6.44. The number of H-pyrrole nitrogens is 1. The van der Waals surface area contributed by atoms with Crippen LogP contribution in [-0.4, -0.2) is 60.2 Å². The van der Waals surface area contributed by atoms with Crippen LogP contribution in [-0.2, 0) is 11.2 Å². The van der Waals surface area contributed by atoms with Crippen molar-refractivity contribution in [3.63, 3.8) is 0 Å². The number of hydrogen-bond donors (Lipinski definition) is 1. The van der Waals surface area contributed by atoms with Crippen LogP contribution in [0, 0.1) is 5.92 Å². The summed E-state index contributed by atoms with van der Waals surface area (Å²) < 4.78 is 6.73. The first kappa shape index (κ1) is 16.6. The highest BCUT2D eigenvalue weighted by Gasteiger charge is 2.40. The van der Waals surface area contributed by atoms with Gasteiger partial charge in [-0.2, -0.15) is 0 Å². The minimum absolute atomic E-state index is 0.136.